The van der Waals surface area contributed by atoms with Crippen LogP contribution in [-0.2, 0) is 14.3 Å². The number of anilines is 2. The Bertz CT molecular complexity index is 1150. The van der Waals surface area contributed by atoms with Crippen molar-refractivity contribution in [2.75, 3.05) is 55.8 Å². The van der Waals surface area contributed by atoms with Gasteiger partial charge in [-0.2, -0.15) is 0 Å². The highest BCUT2D eigenvalue weighted by Gasteiger charge is 2.39. The molecule has 0 aliphatic carbocycles. The maximum Gasteiger partial charge on any atom is 0.259 e. The van der Waals surface area contributed by atoms with Crippen LogP contribution in [0.1, 0.15) is 15.9 Å². The number of hydrogen-bond donors (Lipinski definition) is 4. The number of amides is 3. The molecule has 12 heteroatoms. The Labute approximate surface area is 219 Å². The quantitative estimate of drug-likeness (QED) is 0.234. The number of amidine groups is 1. The number of hydrogen-bond acceptors (Lipinski definition) is 8. The highest BCUT2D eigenvalue weighted by Crippen LogP contribution is 2.23. The molecule has 0 saturated carbocycles. The molecule has 4 rings (SSSR count). The van der Waals surface area contributed by atoms with Crippen molar-refractivity contribution in [1.29, 1.82) is 5.41 Å². The summed E-state index contributed by atoms with van der Waals surface area (Å²) in [6.45, 7) is 3.33. The molecule has 2 fully saturated rings. The van der Waals surface area contributed by atoms with Crippen LogP contribution in [0.2, 0.25) is 0 Å². The van der Waals surface area contributed by atoms with Gasteiger partial charge >= 0.3 is 0 Å². The fourth-order valence-electron chi connectivity index (χ4n) is 4.22. The monoisotopic (exact) mass is 526 g/mol. The van der Waals surface area contributed by atoms with Crippen molar-refractivity contribution in [1.82, 2.24) is 9.21 Å². The number of aliphatic hydroxyl groups excluding tert-OH is 1. The first-order chi connectivity index (χ1) is 17.8. The summed E-state index contributed by atoms with van der Waals surface area (Å²) in [4.78, 5) is 41.8. The number of morpholine rings is 1. The molecule has 196 valence electrons. The Morgan fingerprint density at radius 1 is 1.05 bits per heavy atom. The van der Waals surface area contributed by atoms with E-state index in [1.165, 1.54) is 4.90 Å². The minimum absolute atomic E-state index is 0.0538. The second-order valence-corrected chi connectivity index (χ2v) is 9.54. The first-order valence-electron chi connectivity index (χ1n) is 11.8. The molecule has 0 unspecified atom stereocenters. The van der Waals surface area contributed by atoms with Crippen molar-refractivity contribution in [3.8, 4) is 0 Å². The molecule has 0 spiro atoms. The molecular formula is C25H30N6O5S. The predicted octanol–water partition coefficient (Wildman–Crippen LogP) is 0.738. The molecule has 2 saturated heterocycles. The maximum atomic E-state index is 13.1. The number of rotatable bonds is 7. The largest absolute Gasteiger partial charge is 0.384 e. The molecule has 2 atom stereocenters. The number of carbonyl (C=O) groups excluding carboxylic acids is 3. The average molecular weight is 527 g/mol. The van der Waals surface area contributed by atoms with Crippen molar-refractivity contribution in [2.24, 2.45) is 5.73 Å². The van der Waals surface area contributed by atoms with E-state index >= 15 is 0 Å². The average Bonchev–Trinajstić information content (AvgIpc) is 2.93. The second-order valence-electron chi connectivity index (χ2n) is 8.66. The number of nitrogens with one attached hydrogen (secondary N) is 2. The Balaban J connectivity index is 1.38. The molecule has 2 heterocycles. The minimum Gasteiger partial charge on any atom is -0.384 e. The summed E-state index contributed by atoms with van der Waals surface area (Å²) in [5.41, 5.74) is 7.39. The number of aliphatic hydroxyl groups is 1. The fourth-order valence-corrected chi connectivity index (χ4v) is 4.74. The Hall–Kier alpha value is -3.45. The lowest BCUT2D eigenvalue weighted by molar-refractivity contribution is -0.150. The molecule has 0 aromatic heterocycles. The fraction of sp³-hybridized carbons (Fsp3) is 0.360. The third-order valence-corrected chi connectivity index (χ3v) is 7.23. The van der Waals surface area contributed by atoms with E-state index in [9.17, 15) is 19.5 Å². The van der Waals surface area contributed by atoms with Crippen LogP contribution in [0.25, 0.3) is 0 Å². The lowest BCUT2D eigenvalue weighted by Crippen LogP contribution is -2.55. The number of carbonyl (C=O) groups is 3. The molecule has 2 aliphatic rings. The SMILES string of the molecule is CSN1CCN(C(=O)c2ccc(N3CCO[C@H]([C@@H](O)C(=O)Nc4ccc(C(=N)N)cc4)C3=O)cc2)CC1. The van der Waals surface area contributed by atoms with Gasteiger partial charge in [0.25, 0.3) is 17.7 Å². The summed E-state index contributed by atoms with van der Waals surface area (Å²) in [6.07, 6.45) is -1.09. The molecule has 11 nitrogen and oxygen atoms in total. The van der Waals surface area contributed by atoms with Gasteiger partial charge in [0, 0.05) is 55.2 Å². The molecule has 2 aromatic rings. The summed E-state index contributed by atoms with van der Waals surface area (Å²) >= 11 is 1.67. The smallest absolute Gasteiger partial charge is 0.259 e. The lowest BCUT2D eigenvalue weighted by atomic mass is 10.1. The van der Waals surface area contributed by atoms with Crippen molar-refractivity contribution < 1.29 is 24.2 Å². The Morgan fingerprint density at radius 3 is 2.27 bits per heavy atom. The first kappa shape index (κ1) is 26.6. The standard InChI is InChI=1S/C25H30N6O5S/c1-37-30-12-10-29(11-13-30)24(34)17-4-8-19(9-5-17)31-14-15-36-21(25(31)35)20(32)23(33)28-18-6-2-16(3-7-18)22(26)27/h2-9,20-21,32H,10-15H2,1H3,(H3,26,27)(H,28,33)/t20-,21-/m1/s1. The van der Waals surface area contributed by atoms with Gasteiger partial charge in [-0.1, -0.05) is 11.9 Å². The molecule has 2 aromatic carbocycles. The van der Waals surface area contributed by atoms with Crippen LogP contribution in [0.15, 0.2) is 48.5 Å². The summed E-state index contributed by atoms with van der Waals surface area (Å²) in [5.74, 6) is -1.50. The van der Waals surface area contributed by atoms with Crippen LogP contribution in [0.5, 0.6) is 0 Å². The summed E-state index contributed by atoms with van der Waals surface area (Å²) < 4.78 is 7.67. The summed E-state index contributed by atoms with van der Waals surface area (Å²) in [5, 5.41) is 20.6. The van der Waals surface area contributed by atoms with Crippen LogP contribution >= 0.6 is 11.9 Å². The third-order valence-electron chi connectivity index (χ3n) is 6.35. The van der Waals surface area contributed by atoms with Gasteiger partial charge in [-0.3, -0.25) is 19.8 Å². The summed E-state index contributed by atoms with van der Waals surface area (Å²) in [6, 6.07) is 13.0. The number of nitrogen functional groups attached to an aromatic ring is 1. The van der Waals surface area contributed by atoms with E-state index in [-0.39, 0.29) is 24.9 Å². The van der Waals surface area contributed by atoms with E-state index in [1.807, 2.05) is 11.2 Å². The van der Waals surface area contributed by atoms with E-state index in [2.05, 4.69) is 9.62 Å². The van der Waals surface area contributed by atoms with E-state index in [1.54, 1.807) is 60.5 Å². The number of nitrogens with two attached hydrogens (primary N) is 1. The highest BCUT2D eigenvalue weighted by molar-refractivity contribution is 7.96. The molecule has 37 heavy (non-hydrogen) atoms. The topological polar surface area (TPSA) is 152 Å². The van der Waals surface area contributed by atoms with Crippen LogP contribution in [0.4, 0.5) is 11.4 Å². The van der Waals surface area contributed by atoms with Gasteiger partial charge in [0.15, 0.2) is 12.2 Å². The molecule has 3 amide bonds. The zero-order valence-corrected chi connectivity index (χ0v) is 21.2. The van der Waals surface area contributed by atoms with Gasteiger partial charge in [0.1, 0.15) is 5.84 Å². The van der Waals surface area contributed by atoms with Crippen LogP contribution in [0.3, 0.4) is 0 Å². The second kappa shape index (κ2) is 11.7. The Kier molecular flexibility index (Phi) is 8.44. The van der Waals surface area contributed by atoms with Crippen LogP contribution < -0.4 is 16.0 Å². The van der Waals surface area contributed by atoms with Gasteiger partial charge in [-0.25, -0.2) is 4.31 Å². The number of piperazine rings is 1. The van der Waals surface area contributed by atoms with Gasteiger partial charge in [0.2, 0.25) is 0 Å². The van der Waals surface area contributed by atoms with Crippen molar-refractivity contribution in [2.45, 2.75) is 12.2 Å². The minimum atomic E-state index is -1.73. The van der Waals surface area contributed by atoms with Crippen molar-refractivity contribution in [3.63, 3.8) is 0 Å². The number of benzene rings is 2. The predicted molar refractivity (Wildman–Crippen MR) is 142 cm³/mol. The van der Waals surface area contributed by atoms with Crippen LogP contribution in [-0.4, -0.2) is 95.7 Å². The van der Waals surface area contributed by atoms with E-state index < -0.39 is 24.0 Å². The zero-order valence-electron chi connectivity index (χ0n) is 20.4. The van der Waals surface area contributed by atoms with Gasteiger partial charge < -0.3 is 30.7 Å². The normalized spacial score (nSPS) is 19.4. The molecule has 2 aliphatic heterocycles. The van der Waals surface area contributed by atoms with Crippen molar-refractivity contribution >= 4 is 46.9 Å². The first-order valence-corrected chi connectivity index (χ1v) is 13.0. The van der Waals surface area contributed by atoms with Gasteiger partial charge in [0.05, 0.1) is 6.61 Å². The molecular weight excluding hydrogens is 496 g/mol. The third kappa shape index (κ3) is 6.10. The molecule has 0 radical (unpaired) electrons. The lowest BCUT2D eigenvalue weighted by Gasteiger charge is -2.34. The zero-order chi connectivity index (χ0) is 26.5. The summed E-state index contributed by atoms with van der Waals surface area (Å²) in [7, 11) is 0. The van der Waals surface area contributed by atoms with E-state index in [4.69, 9.17) is 15.9 Å². The molecule has 0 bridgehead atoms. The van der Waals surface area contributed by atoms with E-state index in [0.717, 1.165) is 13.1 Å². The Morgan fingerprint density at radius 2 is 1.68 bits per heavy atom. The van der Waals surface area contributed by atoms with E-state index in [0.29, 0.717) is 35.6 Å². The number of ether oxygens (including phenoxy) is 1. The highest BCUT2D eigenvalue weighted by atomic mass is 32.2. The van der Waals surface area contributed by atoms with Gasteiger partial charge in [-0.05, 0) is 54.8 Å². The maximum absolute atomic E-state index is 13.1. The van der Waals surface area contributed by atoms with Crippen molar-refractivity contribution in [3.05, 3.63) is 59.7 Å². The molecule has 5 N–H and O–H groups in total. The number of nitrogens with zero attached hydrogens (tertiary/aromatic N) is 3. The van der Waals surface area contributed by atoms with Crippen LogP contribution in [0, 0.1) is 5.41 Å². The van der Waals surface area contributed by atoms with Gasteiger partial charge in [-0.15, -0.1) is 0 Å².